The minimum Gasteiger partial charge on any atom is -0.497 e. The molecule has 0 heterocycles. The molecular weight excluding hydrogens is 1330 g/mol. The van der Waals surface area contributed by atoms with E-state index in [1.807, 2.05) is 136 Å². The van der Waals surface area contributed by atoms with E-state index in [1.54, 1.807) is 80.1 Å². The maximum Gasteiger partial charge on any atom is 0.147 e. The molecule has 5 atom stereocenters. The molecule has 11 nitrogen and oxygen atoms in total. The number of rotatable bonds is 26. The van der Waals surface area contributed by atoms with Crippen LogP contribution in [-0.2, 0) is 56.1 Å². The largest absolute Gasteiger partial charge is 0.497 e. The maximum absolute atomic E-state index is 13.7. The Labute approximate surface area is 618 Å². The van der Waals surface area contributed by atoms with Crippen LogP contribution in [0.4, 0.5) is 8.78 Å². The van der Waals surface area contributed by atoms with E-state index >= 15 is 0 Å². The van der Waals surface area contributed by atoms with Crippen molar-refractivity contribution in [2.24, 2.45) is 0 Å². The van der Waals surface area contributed by atoms with Crippen LogP contribution in [0.25, 0.3) is 55.6 Å². The van der Waals surface area contributed by atoms with Gasteiger partial charge in [0, 0.05) is 16.1 Å². The van der Waals surface area contributed by atoms with Crippen LogP contribution in [0.1, 0.15) is 73.6 Å². The second-order valence-corrected chi connectivity index (χ2v) is 26.2. The van der Waals surface area contributed by atoms with Gasteiger partial charge in [-0.25, -0.2) is 8.78 Å². The van der Waals surface area contributed by atoms with Crippen molar-refractivity contribution in [2.75, 3.05) is 42.3 Å². The zero-order valence-electron chi connectivity index (χ0n) is 61.3. The van der Waals surface area contributed by atoms with Gasteiger partial charge in [-0.15, -0.1) is 0 Å². The SMILES string of the molecule is CN[C@@H](Cc1ccc(-c2ccc(F)c(Cl)c2)cc1)C(C)=O.CN[C@@H](Cc1ccc(-c2ccc(OC)cc2C)cc1)C(C)=O.CN[C@@H](Cc1ccc(-c2cccc(C)c2)cc1)C(C)=O.CN[C@@H](Cc1ccc(-c2ccccc2Cl)cc1)C(C)=O.CN[C@@H](Cc1ccc(-c2ccccc2F)cc1)C(C)=O. The second-order valence-electron chi connectivity index (χ2n) is 25.4. The zero-order chi connectivity index (χ0) is 75.1. The lowest BCUT2D eigenvalue weighted by Gasteiger charge is -2.13. The molecule has 0 fully saturated rings. The van der Waals surface area contributed by atoms with Crippen LogP contribution in [0.15, 0.2) is 231 Å². The molecule has 0 radical (unpaired) electrons. The smallest absolute Gasteiger partial charge is 0.147 e. The Morgan fingerprint density at radius 3 is 0.990 bits per heavy atom. The molecule has 0 aliphatic carbocycles. The highest BCUT2D eigenvalue weighted by molar-refractivity contribution is 6.33. The number of carbonyl (C=O) groups excluding carboxylic acids is 5. The molecule has 10 rings (SSSR count). The predicted octanol–water partition coefficient (Wildman–Crippen LogP) is 17.6. The number of nitrogens with one attached hydrogen (secondary N) is 5. The van der Waals surface area contributed by atoms with Gasteiger partial charge in [0.05, 0.1) is 42.3 Å². The Morgan fingerprint density at radius 1 is 0.330 bits per heavy atom. The Morgan fingerprint density at radius 2 is 0.660 bits per heavy atom. The van der Waals surface area contributed by atoms with Crippen molar-refractivity contribution in [3.8, 4) is 61.4 Å². The highest BCUT2D eigenvalue weighted by atomic mass is 35.5. The van der Waals surface area contributed by atoms with Gasteiger partial charge < -0.3 is 31.3 Å². The summed E-state index contributed by atoms with van der Waals surface area (Å²) in [7, 11) is 10.7. The third kappa shape index (κ3) is 26.1. The molecule has 5 N–H and O–H groups in total. The molecule has 0 aromatic heterocycles. The van der Waals surface area contributed by atoms with E-state index in [4.69, 9.17) is 27.9 Å². The quantitative estimate of drug-likeness (QED) is 0.0352. The Bertz CT molecular complexity index is 4250. The molecule has 0 unspecified atom stereocenters. The minimum atomic E-state index is -0.421. The number of hydrogen-bond acceptors (Lipinski definition) is 11. The van der Waals surface area contributed by atoms with E-state index in [1.165, 1.54) is 51.1 Å². The predicted molar refractivity (Wildman–Crippen MR) is 422 cm³/mol. The minimum absolute atomic E-state index is 0.0974. The highest BCUT2D eigenvalue weighted by Crippen LogP contribution is 2.31. The lowest BCUT2D eigenvalue weighted by molar-refractivity contribution is -0.119. The maximum atomic E-state index is 13.7. The monoisotopic (exact) mass is 1430 g/mol. The van der Waals surface area contributed by atoms with E-state index < -0.39 is 5.82 Å². The van der Waals surface area contributed by atoms with E-state index in [0.29, 0.717) is 31.2 Å². The third-order valence-electron chi connectivity index (χ3n) is 17.9. The molecule has 10 aromatic rings. The van der Waals surface area contributed by atoms with Crippen molar-refractivity contribution in [3.05, 3.63) is 291 Å². The van der Waals surface area contributed by atoms with Crippen molar-refractivity contribution in [3.63, 3.8) is 0 Å². The molecule has 0 saturated carbocycles. The van der Waals surface area contributed by atoms with Crippen LogP contribution in [0.3, 0.4) is 0 Å². The molecule has 0 spiro atoms. The van der Waals surface area contributed by atoms with E-state index in [-0.39, 0.29) is 70.0 Å². The number of ketones is 5. The molecule has 0 aliphatic heterocycles. The molecule has 0 saturated heterocycles. The Kier molecular flexibility index (Phi) is 33.9. The van der Waals surface area contributed by atoms with Gasteiger partial charge in [-0.2, -0.15) is 0 Å². The van der Waals surface area contributed by atoms with Crippen molar-refractivity contribution < 1.29 is 37.5 Å². The summed E-state index contributed by atoms with van der Waals surface area (Å²) in [6, 6.07) is 73.6. The summed E-state index contributed by atoms with van der Waals surface area (Å²) in [5.41, 5.74) is 18.2. The summed E-state index contributed by atoms with van der Waals surface area (Å²) in [5.74, 6) is 0.955. The Hall–Kier alpha value is -9.41. The van der Waals surface area contributed by atoms with Crippen LogP contribution in [0, 0.1) is 25.5 Å². The van der Waals surface area contributed by atoms with Gasteiger partial charge in [0.15, 0.2) is 0 Å². The van der Waals surface area contributed by atoms with E-state index in [9.17, 15) is 32.8 Å². The summed E-state index contributed by atoms with van der Waals surface area (Å²) < 4.78 is 32.1. The number of ether oxygens (including phenoxy) is 1. The number of halogens is 4. The second kappa shape index (κ2) is 42.2. The highest BCUT2D eigenvalue weighted by Gasteiger charge is 2.18. The molecule has 0 aliphatic rings. The van der Waals surface area contributed by atoms with Crippen molar-refractivity contribution in [1.29, 1.82) is 0 Å². The molecule has 103 heavy (non-hydrogen) atoms. The summed E-state index contributed by atoms with van der Waals surface area (Å²) >= 11 is 12.0. The fraction of sp³-hybridized carbons (Fsp3) is 0.261. The summed E-state index contributed by atoms with van der Waals surface area (Å²) in [4.78, 5) is 57.2. The van der Waals surface area contributed by atoms with Gasteiger partial charge in [0.1, 0.15) is 46.3 Å². The zero-order valence-corrected chi connectivity index (χ0v) is 62.8. The van der Waals surface area contributed by atoms with Crippen LogP contribution in [-0.4, -0.2) is 101 Å². The van der Waals surface area contributed by atoms with Crippen molar-refractivity contribution in [2.45, 2.75) is 111 Å². The third-order valence-corrected chi connectivity index (χ3v) is 18.5. The number of methoxy groups -OCH3 is 1. The van der Waals surface area contributed by atoms with Gasteiger partial charge in [-0.05, 0) is 230 Å². The van der Waals surface area contributed by atoms with Crippen molar-refractivity contribution in [1.82, 2.24) is 26.6 Å². The first kappa shape index (κ1) is 82.5. The average molecular weight is 1430 g/mol. The van der Waals surface area contributed by atoms with Crippen LogP contribution >= 0.6 is 23.2 Å². The fourth-order valence-electron chi connectivity index (χ4n) is 11.5. The lowest BCUT2D eigenvalue weighted by Crippen LogP contribution is -2.34. The summed E-state index contributed by atoms with van der Waals surface area (Å²) in [5, 5.41) is 16.0. The summed E-state index contributed by atoms with van der Waals surface area (Å²) in [6.45, 7) is 12.2. The van der Waals surface area contributed by atoms with Gasteiger partial charge in [-0.3, -0.25) is 24.0 Å². The average Bonchev–Trinajstić information content (AvgIpc) is 0.858. The van der Waals surface area contributed by atoms with Gasteiger partial charge in [-0.1, -0.05) is 223 Å². The molecule has 0 bridgehead atoms. The molecule has 0 amide bonds. The van der Waals surface area contributed by atoms with E-state index in [2.05, 4.69) is 119 Å². The number of aryl methyl sites for hydroxylation is 2. The Balaban J connectivity index is 0.000000202. The standard InChI is InChI=1S/C19H23NO2.C18H21NO.C17H17ClFNO.C17H18ClNO.C17H18FNO/c1-13-11-17(22-4)9-10-18(13)16-7-5-15(6-8-16)12-19(20-3)14(2)21;1-13-5-4-6-17(11-13)16-9-7-15(8-10-16)12-18(19-3)14(2)20;1-11(21)17(20-2)9-12-3-5-13(6-4-12)14-7-8-16(19)15(18)10-14;2*1-12(20)17(19-2)11-13-7-9-14(10-8-13)15-5-3-4-6-16(15)18/h5-11,19-20H,12H2,1-4H3;4-11,18-19H,12H2,1-3H3;3-8,10,17,20H,9H2,1-2H3;2*3-10,17,19H,11H2,1-2H3/t19-;18-;3*17-/m00000/s1. The number of benzene rings is 10. The lowest BCUT2D eigenvalue weighted by atomic mass is 9.97. The van der Waals surface area contributed by atoms with Gasteiger partial charge >= 0.3 is 0 Å². The fourth-order valence-corrected chi connectivity index (χ4v) is 12.0. The van der Waals surface area contributed by atoms with Crippen LogP contribution < -0.4 is 31.3 Å². The van der Waals surface area contributed by atoms with Crippen LogP contribution in [0.2, 0.25) is 10.0 Å². The number of Topliss-reactive ketones (excluding diaryl/α,β-unsaturated/α-hetero) is 5. The first-order valence-corrected chi connectivity index (χ1v) is 35.1. The number of hydrogen-bond donors (Lipinski definition) is 5. The summed E-state index contributed by atoms with van der Waals surface area (Å²) in [6.07, 6.45) is 3.45. The van der Waals surface area contributed by atoms with Gasteiger partial charge in [0.25, 0.3) is 0 Å². The molecule has 10 aromatic carbocycles. The molecular formula is C88H97Cl2F2N5O6. The van der Waals surface area contributed by atoms with Crippen molar-refractivity contribution >= 4 is 52.1 Å². The topological polar surface area (TPSA) is 155 Å². The normalized spacial score (nSPS) is 12.1. The first-order valence-electron chi connectivity index (χ1n) is 34.4. The van der Waals surface area contributed by atoms with Crippen LogP contribution in [0.5, 0.6) is 5.75 Å². The molecule has 15 heteroatoms. The van der Waals surface area contributed by atoms with Gasteiger partial charge in [0.2, 0.25) is 0 Å². The van der Waals surface area contributed by atoms with E-state index in [0.717, 1.165) is 67.3 Å². The molecule has 538 valence electrons. The first-order chi connectivity index (χ1) is 49.4. The number of likely N-dealkylation sites (N-methyl/N-ethyl adjacent to an activating group) is 5. The number of carbonyl (C=O) groups is 5.